The number of likely N-dealkylation sites (tertiary alicyclic amines) is 1. The standard InChI is InChI=1S/C36H35N3O6S2/c1-43-32-22-27(35(41)42)9-12-31(32)44-18-5-16-39-34(40)33(47-36(39)46)23-28-21-25(24-7-10-29-26(20-24)6-4-13-37-29)8-11-30(28)45-19-17-38-14-2-3-15-38/h4,6-13,20-23H,2-3,5,14-19H2,1H3,(H,41,42)/b33-23-. The average molecular weight is 670 g/mol. The highest BCUT2D eigenvalue weighted by Crippen LogP contribution is 2.36. The Morgan fingerprint density at radius 2 is 1.72 bits per heavy atom. The Hall–Kier alpha value is -4.45. The molecule has 2 aliphatic rings. The van der Waals surface area contributed by atoms with Crippen LogP contribution in [-0.2, 0) is 4.79 Å². The number of pyridine rings is 1. The number of carboxylic acid groups (broad SMARTS) is 1. The van der Waals surface area contributed by atoms with Crippen molar-refractivity contribution in [3.05, 3.63) is 89.0 Å². The minimum absolute atomic E-state index is 0.110. The van der Waals surface area contributed by atoms with Crippen molar-refractivity contribution in [1.29, 1.82) is 0 Å². The molecule has 9 nitrogen and oxygen atoms in total. The van der Waals surface area contributed by atoms with Crippen LogP contribution in [-0.4, -0.2) is 82.6 Å². The summed E-state index contributed by atoms with van der Waals surface area (Å²) < 4.78 is 17.9. The average Bonchev–Trinajstić information content (AvgIpc) is 3.70. The quantitative estimate of drug-likeness (QED) is 0.0935. The number of carbonyl (C=O) groups excluding carboxylic acids is 1. The molecule has 0 bridgehead atoms. The van der Waals surface area contributed by atoms with Gasteiger partial charge in [0.2, 0.25) is 0 Å². The monoisotopic (exact) mass is 669 g/mol. The highest BCUT2D eigenvalue weighted by molar-refractivity contribution is 8.26. The van der Waals surface area contributed by atoms with Gasteiger partial charge < -0.3 is 19.3 Å². The molecular formula is C36H35N3O6S2. The lowest BCUT2D eigenvalue weighted by molar-refractivity contribution is -0.122. The number of rotatable bonds is 13. The van der Waals surface area contributed by atoms with Crippen molar-refractivity contribution in [2.24, 2.45) is 0 Å². The summed E-state index contributed by atoms with van der Waals surface area (Å²) in [7, 11) is 1.46. The molecule has 0 spiro atoms. The predicted molar refractivity (Wildman–Crippen MR) is 188 cm³/mol. The van der Waals surface area contributed by atoms with Crippen molar-refractivity contribution < 1.29 is 28.9 Å². The number of ether oxygens (including phenoxy) is 3. The van der Waals surface area contributed by atoms with E-state index in [2.05, 4.69) is 34.1 Å². The van der Waals surface area contributed by atoms with Crippen LogP contribution in [0.15, 0.2) is 77.8 Å². The van der Waals surface area contributed by atoms with Gasteiger partial charge in [-0.3, -0.25) is 19.6 Å². The molecule has 242 valence electrons. The van der Waals surface area contributed by atoms with Crippen LogP contribution >= 0.6 is 24.0 Å². The summed E-state index contributed by atoms with van der Waals surface area (Å²) >= 11 is 6.89. The zero-order valence-corrected chi connectivity index (χ0v) is 27.6. The molecule has 1 N–H and O–H groups in total. The predicted octanol–water partition coefficient (Wildman–Crippen LogP) is 6.75. The Labute approximate surface area is 283 Å². The van der Waals surface area contributed by atoms with E-state index in [1.807, 2.05) is 30.3 Å². The Morgan fingerprint density at radius 3 is 2.53 bits per heavy atom. The van der Waals surface area contributed by atoms with Crippen LogP contribution in [0.3, 0.4) is 0 Å². The molecule has 2 fully saturated rings. The Bertz CT molecular complexity index is 1840. The highest BCUT2D eigenvalue weighted by atomic mass is 32.2. The summed E-state index contributed by atoms with van der Waals surface area (Å²) in [5.41, 5.74) is 3.91. The van der Waals surface area contributed by atoms with Gasteiger partial charge >= 0.3 is 5.97 Å². The zero-order valence-electron chi connectivity index (χ0n) is 26.0. The number of thiocarbonyl (C=S) groups is 1. The maximum atomic E-state index is 13.6. The minimum atomic E-state index is -1.05. The van der Waals surface area contributed by atoms with E-state index < -0.39 is 5.97 Å². The second-order valence-corrected chi connectivity index (χ2v) is 12.9. The summed E-state index contributed by atoms with van der Waals surface area (Å²) in [5.74, 6) is 0.281. The molecule has 2 aliphatic heterocycles. The van der Waals surface area contributed by atoms with Gasteiger partial charge in [-0.2, -0.15) is 0 Å². The molecule has 3 heterocycles. The molecule has 3 aromatic carbocycles. The zero-order chi connectivity index (χ0) is 32.8. The van der Waals surface area contributed by atoms with Gasteiger partial charge in [-0.15, -0.1) is 0 Å². The van der Waals surface area contributed by atoms with E-state index in [1.54, 1.807) is 17.2 Å². The van der Waals surface area contributed by atoms with Crippen LogP contribution in [0.5, 0.6) is 17.2 Å². The minimum Gasteiger partial charge on any atom is -0.493 e. The molecule has 0 radical (unpaired) electrons. The van der Waals surface area contributed by atoms with E-state index in [-0.39, 0.29) is 18.1 Å². The number of hydrogen-bond donors (Lipinski definition) is 1. The van der Waals surface area contributed by atoms with Gasteiger partial charge in [0.05, 0.1) is 29.7 Å². The summed E-state index contributed by atoms with van der Waals surface area (Å²) in [6.45, 7) is 4.29. The van der Waals surface area contributed by atoms with Crippen molar-refractivity contribution >= 4 is 57.2 Å². The van der Waals surface area contributed by atoms with Crippen LogP contribution in [0.4, 0.5) is 0 Å². The summed E-state index contributed by atoms with van der Waals surface area (Å²) in [5, 5.41) is 10.3. The number of aromatic nitrogens is 1. The Morgan fingerprint density at radius 1 is 0.957 bits per heavy atom. The van der Waals surface area contributed by atoms with Crippen LogP contribution in [0.2, 0.25) is 0 Å². The third-order valence-electron chi connectivity index (χ3n) is 8.16. The van der Waals surface area contributed by atoms with Crippen LogP contribution in [0.1, 0.15) is 35.2 Å². The molecule has 1 amide bonds. The molecule has 2 saturated heterocycles. The normalized spacial score (nSPS) is 15.9. The van der Waals surface area contributed by atoms with Gasteiger partial charge in [0.15, 0.2) is 11.5 Å². The van der Waals surface area contributed by atoms with Crippen molar-refractivity contribution in [3.8, 4) is 28.4 Å². The molecule has 4 aromatic rings. The Kier molecular flexibility index (Phi) is 10.4. The first-order valence-corrected chi connectivity index (χ1v) is 16.8. The topological polar surface area (TPSA) is 101 Å². The molecule has 47 heavy (non-hydrogen) atoms. The summed E-state index contributed by atoms with van der Waals surface area (Å²) in [4.78, 5) is 33.8. The van der Waals surface area contributed by atoms with E-state index in [0.717, 1.165) is 53.0 Å². The lowest BCUT2D eigenvalue weighted by Gasteiger charge is -2.17. The number of thioether (sulfide) groups is 1. The summed E-state index contributed by atoms with van der Waals surface area (Å²) in [6, 6.07) is 20.7. The fraction of sp³-hybridized carbons (Fsp3) is 0.278. The number of carbonyl (C=O) groups is 2. The van der Waals surface area contributed by atoms with Gasteiger partial charge in [0.1, 0.15) is 16.7 Å². The maximum Gasteiger partial charge on any atom is 0.335 e. The molecule has 1 aromatic heterocycles. The van der Waals surface area contributed by atoms with Crippen molar-refractivity contribution in [3.63, 3.8) is 0 Å². The number of carboxylic acids is 1. The van der Waals surface area contributed by atoms with E-state index in [4.69, 9.17) is 26.4 Å². The van der Waals surface area contributed by atoms with Crippen LogP contribution in [0, 0.1) is 0 Å². The maximum absolute atomic E-state index is 13.6. The van der Waals surface area contributed by atoms with Crippen molar-refractivity contribution in [2.45, 2.75) is 19.3 Å². The number of nitrogens with zero attached hydrogens (tertiary/aromatic N) is 3. The third kappa shape index (κ3) is 7.75. The Balaban J connectivity index is 1.17. The number of fused-ring (bicyclic) bond motifs is 1. The largest absolute Gasteiger partial charge is 0.493 e. The third-order valence-corrected chi connectivity index (χ3v) is 9.54. The number of methoxy groups -OCH3 is 1. The molecule has 0 saturated carbocycles. The summed E-state index contributed by atoms with van der Waals surface area (Å²) in [6.07, 6.45) is 6.63. The first kappa shape index (κ1) is 32.5. The number of aromatic carboxylic acids is 1. The molecular weight excluding hydrogens is 635 g/mol. The molecule has 0 aliphatic carbocycles. The second-order valence-electron chi connectivity index (χ2n) is 11.3. The molecule has 6 rings (SSSR count). The van der Waals surface area contributed by atoms with Gasteiger partial charge in [0, 0.05) is 30.2 Å². The molecule has 0 unspecified atom stereocenters. The van der Waals surface area contributed by atoms with Gasteiger partial charge in [0.25, 0.3) is 5.91 Å². The lowest BCUT2D eigenvalue weighted by atomic mass is 10.0. The van der Waals surface area contributed by atoms with E-state index >= 15 is 0 Å². The van der Waals surface area contributed by atoms with Crippen molar-refractivity contribution in [1.82, 2.24) is 14.8 Å². The van der Waals surface area contributed by atoms with Gasteiger partial charge in [-0.05, 0) is 98.1 Å². The fourth-order valence-corrected chi connectivity index (χ4v) is 6.98. The number of benzene rings is 3. The van der Waals surface area contributed by atoms with Crippen LogP contribution < -0.4 is 14.2 Å². The van der Waals surface area contributed by atoms with Gasteiger partial charge in [-0.25, -0.2) is 4.79 Å². The smallest absolute Gasteiger partial charge is 0.335 e. The number of hydrogen-bond acceptors (Lipinski definition) is 9. The molecule has 11 heteroatoms. The van der Waals surface area contributed by atoms with E-state index in [1.165, 1.54) is 43.8 Å². The highest BCUT2D eigenvalue weighted by Gasteiger charge is 2.32. The lowest BCUT2D eigenvalue weighted by Crippen LogP contribution is -2.30. The van der Waals surface area contributed by atoms with Crippen molar-refractivity contribution in [2.75, 3.05) is 46.5 Å². The SMILES string of the molecule is COc1cc(C(=O)O)ccc1OCCCN1C(=O)/C(=C/c2cc(-c3ccc4ncccc4c3)ccc2OCCN2CCCC2)SC1=S. The molecule has 0 atom stereocenters. The second kappa shape index (κ2) is 15.0. The van der Waals surface area contributed by atoms with E-state index in [9.17, 15) is 14.7 Å². The van der Waals surface area contributed by atoms with E-state index in [0.29, 0.717) is 40.3 Å². The first-order chi connectivity index (χ1) is 22.9. The van der Waals surface area contributed by atoms with Gasteiger partial charge in [-0.1, -0.05) is 42.2 Å². The first-order valence-electron chi connectivity index (χ1n) is 15.5. The number of amides is 1. The fourth-order valence-electron chi connectivity index (χ4n) is 5.68. The van der Waals surface area contributed by atoms with Crippen LogP contribution in [0.25, 0.3) is 28.1 Å².